The lowest BCUT2D eigenvalue weighted by atomic mass is 10.1. The number of amides is 1. The highest BCUT2D eigenvalue weighted by atomic mass is 35.5. The third-order valence-corrected chi connectivity index (χ3v) is 5.07. The first kappa shape index (κ1) is 20.1. The fourth-order valence-corrected chi connectivity index (χ4v) is 3.52. The number of halogens is 4. The molecule has 1 aromatic carbocycles. The first-order valence-electron chi connectivity index (χ1n) is 7.95. The predicted octanol–water partition coefficient (Wildman–Crippen LogP) is 4.59. The molecule has 5 nitrogen and oxygen atoms in total. The molecule has 0 bridgehead atoms. The number of rotatable bonds is 4. The van der Waals surface area contributed by atoms with E-state index in [1.807, 2.05) is 19.1 Å². The van der Waals surface area contributed by atoms with Gasteiger partial charge in [0.1, 0.15) is 12.2 Å². The molecule has 0 radical (unpaired) electrons. The number of aromatic nitrogens is 2. The van der Waals surface area contributed by atoms with Crippen LogP contribution in [0, 0.1) is 6.92 Å². The third kappa shape index (κ3) is 4.42. The summed E-state index contributed by atoms with van der Waals surface area (Å²) in [6.07, 6.45) is -4.69. The van der Waals surface area contributed by atoms with Gasteiger partial charge in [-0.05, 0) is 37.3 Å². The maximum Gasteiger partial charge on any atom is 0.418 e. The highest BCUT2D eigenvalue weighted by molar-refractivity contribution is 7.15. The van der Waals surface area contributed by atoms with Gasteiger partial charge in [-0.25, -0.2) is 4.68 Å². The maximum atomic E-state index is 13.1. The lowest BCUT2D eigenvalue weighted by Crippen LogP contribution is -2.30. The van der Waals surface area contributed by atoms with Crippen LogP contribution in [0.2, 0.25) is 5.02 Å². The highest BCUT2D eigenvalue weighted by Gasteiger charge is 2.34. The number of hydrogen-bond donors (Lipinski definition) is 1. The van der Waals surface area contributed by atoms with Crippen molar-refractivity contribution in [3.8, 4) is 10.6 Å². The van der Waals surface area contributed by atoms with E-state index in [1.54, 1.807) is 0 Å². The second-order valence-electron chi connectivity index (χ2n) is 5.83. The van der Waals surface area contributed by atoms with E-state index >= 15 is 0 Å². The van der Waals surface area contributed by atoms with Gasteiger partial charge >= 0.3 is 6.18 Å². The van der Waals surface area contributed by atoms with Crippen LogP contribution in [0.4, 0.5) is 18.9 Å². The molecule has 2 aromatic heterocycles. The average molecular weight is 428 g/mol. The minimum atomic E-state index is -4.69. The number of alkyl halides is 3. The second-order valence-corrected chi connectivity index (χ2v) is 7.53. The molecule has 0 saturated carbocycles. The third-order valence-electron chi connectivity index (χ3n) is 3.74. The van der Waals surface area contributed by atoms with E-state index in [9.17, 15) is 22.8 Å². The molecule has 1 amide bonds. The second kappa shape index (κ2) is 7.76. The van der Waals surface area contributed by atoms with Crippen LogP contribution < -0.4 is 10.9 Å². The van der Waals surface area contributed by atoms with Crippen LogP contribution in [0.1, 0.15) is 10.4 Å². The Morgan fingerprint density at radius 1 is 1.21 bits per heavy atom. The van der Waals surface area contributed by atoms with Crippen LogP contribution in [0.15, 0.2) is 47.3 Å². The monoisotopic (exact) mass is 427 g/mol. The van der Waals surface area contributed by atoms with Gasteiger partial charge in [0.2, 0.25) is 5.91 Å². The van der Waals surface area contributed by atoms with Gasteiger partial charge in [-0.2, -0.15) is 18.3 Å². The predicted molar refractivity (Wildman–Crippen MR) is 102 cm³/mol. The maximum absolute atomic E-state index is 13.1. The average Bonchev–Trinajstić information content (AvgIpc) is 3.04. The molecule has 1 N–H and O–H groups in total. The smallest absolute Gasteiger partial charge is 0.323 e. The number of para-hydroxylation sites is 1. The summed E-state index contributed by atoms with van der Waals surface area (Å²) in [5, 5.41) is 6.01. The van der Waals surface area contributed by atoms with Crippen LogP contribution in [-0.4, -0.2) is 15.7 Å². The van der Waals surface area contributed by atoms with Gasteiger partial charge in [0.25, 0.3) is 5.56 Å². The SMILES string of the molecule is Cc1ccc(-c2ccc(=O)n(CC(=O)Nc3c(Cl)cccc3C(F)(F)F)n2)s1. The van der Waals surface area contributed by atoms with E-state index in [1.165, 1.54) is 29.5 Å². The summed E-state index contributed by atoms with van der Waals surface area (Å²) in [6.45, 7) is 1.36. The molecule has 3 rings (SSSR count). The number of benzene rings is 1. The number of anilines is 1. The summed E-state index contributed by atoms with van der Waals surface area (Å²) >= 11 is 7.29. The number of aryl methyl sites for hydroxylation is 1. The van der Waals surface area contributed by atoms with Crippen molar-refractivity contribution in [3.63, 3.8) is 0 Å². The van der Waals surface area contributed by atoms with Gasteiger partial charge in [0.15, 0.2) is 0 Å². The van der Waals surface area contributed by atoms with Crippen molar-refractivity contribution >= 4 is 34.5 Å². The summed E-state index contributed by atoms with van der Waals surface area (Å²) in [7, 11) is 0. The van der Waals surface area contributed by atoms with Gasteiger partial charge in [-0.15, -0.1) is 11.3 Å². The molecule has 0 atom stereocenters. The van der Waals surface area contributed by atoms with Crippen molar-refractivity contribution in [2.45, 2.75) is 19.6 Å². The Hall–Kier alpha value is -2.65. The van der Waals surface area contributed by atoms with Crippen LogP contribution in [0.3, 0.4) is 0 Å². The molecule has 3 aromatic rings. The molecule has 10 heteroatoms. The van der Waals surface area contributed by atoms with E-state index in [2.05, 4.69) is 10.4 Å². The van der Waals surface area contributed by atoms with Crippen molar-refractivity contribution in [1.82, 2.24) is 9.78 Å². The Morgan fingerprint density at radius 3 is 2.61 bits per heavy atom. The fourth-order valence-electron chi connectivity index (χ4n) is 2.47. The van der Waals surface area contributed by atoms with Gasteiger partial charge in [0, 0.05) is 10.9 Å². The van der Waals surface area contributed by atoms with Crippen molar-refractivity contribution in [1.29, 1.82) is 0 Å². The van der Waals surface area contributed by atoms with Crippen LogP contribution in [0.25, 0.3) is 10.6 Å². The zero-order chi connectivity index (χ0) is 20.5. The number of nitrogens with one attached hydrogen (secondary N) is 1. The lowest BCUT2D eigenvalue weighted by molar-refractivity contribution is -0.137. The molecule has 0 aliphatic heterocycles. The standard InChI is InChI=1S/C18H13ClF3N3O2S/c1-10-5-7-14(28-10)13-6-8-16(27)25(24-13)9-15(26)23-17-11(18(20,21)22)3-2-4-12(17)19/h2-8H,9H2,1H3,(H,23,26). The van der Waals surface area contributed by atoms with Crippen molar-refractivity contribution in [2.24, 2.45) is 0 Å². The molecule has 0 saturated heterocycles. The molecule has 0 spiro atoms. The lowest BCUT2D eigenvalue weighted by Gasteiger charge is -2.15. The van der Waals surface area contributed by atoms with E-state index in [4.69, 9.17) is 11.6 Å². The van der Waals surface area contributed by atoms with Gasteiger partial charge in [0.05, 0.1) is 21.2 Å². The Labute approximate surface area is 166 Å². The van der Waals surface area contributed by atoms with Crippen molar-refractivity contribution in [3.05, 3.63) is 68.3 Å². The summed E-state index contributed by atoms with van der Waals surface area (Å²) in [4.78, 5) is 26.1. The number of carbonyl (C=O) groups is 1. The van der Waals surface area contributed by atoms with Crippen LogP contribution in [-0.2, 0) is 17.5 Å². The van der Waals surface area contributed by atoms with Gasteiger partial charge < -0.3 is 5.32 Å². The molecule has 146 valence electrons. The number of thiophene rings is 1. The van der Waals surface area contributed by atoms with Crippen LogP contribution in [0.5, 0.6) is 0 Å². The Kier molecular flexibility index (Phi) is 5.57. The van der Waals surface area contributed by atoms with E-state index in [0.717, 1.165) is 26.6 Å². The molecular weight excluding hydrogens is 415 g/mol. The Bertz CT molecular complexity index is 1090. The minimum Gasteiger partial charge on any atom is -0.323 e. The summed E-state index contributed by atoms with van der Waals surface area (Å²) in [5.41, 5.74) is -1.70. The molecule has 28 heavy (non-hydrogen) atoms. The van der Waals surface area contributed by atoms with E-state index in [0.29, 0.717) is 5.69 Å². The molecule has 0 unspecified atom stereocenters. The zero-order valence-electron chi connectivity index (χ0n) is 14.4. The first-order chi connectivity index (χ1) is 13.1. The fraction of sp³-hybridized carbons (Fsp3) is 0.167. The Morgan fingerprint density at radius 2 is 1.96 bits per heavy atom. The molecule has 0 aliphatic carbocycles. The summed E-state index contributed by atoms with van der Waals surface area (Å²) < 4.78 is 40.3. The normalized spacial score (nSPS) is 11.5. The molecule has 0 aliphatic rings. The van der Waals surface area contributed by atoms with Crippen LogP contribution >= 0.6 is 22.9 Å². The zero-order valence-corrected chi connectivity index (χ0v) is 16.0. The minimum absolute atomic E-state index is 0.258. The first-order valence-corrected chi connectivity index (χ1v) is 9.15. The number of nitrogens with zero attached hydrogens (tertiary/aromatic N) is 2. The van der Waals surface area contributed by atoms with Gasteiger partial charge in [-0.3, -0.25) is 9.59 Å². The number of carbonyl (C=O) groups excluding carboxylic acids is 1. The highest BCUT2D eigenvalue weighted by Crippen LogP contribution is 2.38. The summed E-state index contributed by atoms with van der Waals surface area (Å²) in [6, 6.07) is 9.68. The molecule has 2 heterocycles. The largest absolute Gasteiger partial charge is 0.418 e. The summed E-state index contributed by atoms with van der Waals surface area (Å²) in [5.74, 6) is -0.854. The van der Waals surface area contributed by atoms with E-state index < -0.39 is 35.4 Å². The van der Waals surface area contributed by atoms with E-state index in [-0.39, 0.29) is 5.02 Å². The number of hydrogen-bond acceptors (Lipinski definition) is 4. The molecule has 0 fully saturated rings. The van der Waals surface area contributed by atoms with Crippen molar-refractivity contribution in [2.75, 3.05) is 5.32 Å². The topological polar surface area (TPSA) is 64.0 Å². The Balaban J connectivity index is 1.86. The molecular formula is C18H13ClF3N3O2S. The van der Waals surface area contributed by atoms with Gasteiger partial charge in [-0.1, -0.05) is 17.7 Å². The van der Waals surface area contributed by atoms with Crippen molar-refractivity contribution < 1.29 is 18.0 Å². The quantitative estimate of drug-likeness (QED) is 0.662.